The molecule has 0 aliphatic heterocycles. The van der Waals surface area contributed by atoms with Crippen LogP contribution in [-0.2, 0) is 12.4 Å². The van der Waals surface area contributed by atoms with Crippen LogP contribution in [0.15, 0.2) is 36.5 Å². The molecule has 12 heteroatoms. The van der Waals surface area contributed by atoms with Crippen molar-refractivity contribution in [1.29, 1.82) is 0 Å². The number of pyridine rings is 2. The van der Waals surface area contributed by atoms with Gasteiger partial charge in [0.15, 0.2) is 0 Å². The number of halogens is 6. The van der Waals surface area contributed by atoms with Gasteiger partial charge in [-0.05, 0) is 30.2 Å². The highest BCUT2D eigenvalue weighted by molar-refractivity contribution is 5.69. The van der Waals surface area contributed by atoms with Crippen molar-refractivity contribution in [3.05, 3.63) is 53.5 Å². The molecule has 0 unspecified atom stereocenters. The summed E-state index contributed by atoms with van der Waals surface area (Å²) >= 11 is 0. The highest BCUT2D eigenvalue weighted by atomic mass is 19.4. The van der Waals surface area contributed by atoms with Crippen LogP contribution < -0.4 is 11.1 Å². The highest BCUT2D eigenvalue weighted by Gasteiger charge is 2.34. The lowest BCUT2D eigenvalue weighted by Crippen LogP contribution is -2.12. The van der Waals surface area contributed by atoms with Gasteiger partial charge in [-0.1, -0.05) is 19.9 Å². The number of hydrogen-bond acceptors (Lipinski definition) is 6. The second kappa shape index (κ2) is 8.00. The van der Waals surface area contributed by atoms with E-state index in [1.165, 1.54) is 18.2 Å². The summed E-state index contributed by atoms with van der Waals surface area (Å²) in [6.45, 7) is 3.50. The summed E-state index contributed by atoms with van der Waals surface area (Å²) < 4.78 is 77.9. The van der Waals surface area contributed by atoms with Gasteiger partial charge in [0, 0.05) is 17.4 Å². The average Bonchev–Trinajstić information content (AvgIpc) is 2.66. The molecule has 0 bridgehead atoms. The number of nitrogens with one attached hydrogen (secondary N) is 1. The lowest BCUT2D eigenvalue weighted by molar-refractivity contribution is -0.141. The third-order valence-corrected chi connectivity index (χ3v) is 4.14. The molecule has 164 valence electrons. The Morgan fingerprint density at radius 2 is 1.58 bits per heavy atom. The van der Waals surface area contributed by atoms with Crippen molar-refractivity contribution in [2.45, 2.75) is 32.1 Å². The molecule has 3 aromatic heterocycles. The summed E-state index contributed by atoms with van der Waals surface area (Å²) in [6, 6.07) is 5.34. The Balaban J connectivity index is 2.09. The number of anilines is 3. The van der Waals surface area contributed by atoms with Gasteiger partial charge in [0.05, 0.1) is 11.4 Å². The first kappa shape index (κ1) is 22.2. The fourth-order valence-corrected chi connectivity index (χ4v) is 2.82. The molecule has 31 heavy (non-hydrogen) atoms. The van der Waals surface area contributed by atoms with Crippen molar-refractivity contribution in [2.24, 2.45) is 0 Å². The van der Waals surface area contributed by atoms with Crippen LogP contribution >= 0.6 is 0 Å². The van der Waals surface area contributed by atoms with E-state index < -0.39 is 23.7 Å². The SMILES string of the molecule is CC(C)c1c(N)nc(Nc2ccnc(C(F)(F)F)c2)nc1-c1cccc(C(F)(F)F)n1. The normalized spacial score (nSPS) is 12.3. The maximum absolute atomic E-state index is 13.1. The van der Waals surface area contributed by atoms with Gasteiger partial charge in [-0.15, -0.1) is 0 Å². The van der Waals surface area contributed by atoms with Crippen LogP contribution in [0.25, 0.3) is 11.4 Å². The third kappa shape index (κ3) is 5.01. The minimum atomic E-state index is -4.67. The standard InChI is InChI=1S/C19H16F6N6/c1-9(2)14-15(11-4-3-5-12(29-11)18(20,21)22)30-17(31-16(14)26)28-10-6-7-27-13(8-10)19(23,24)25/h3-9H,1-2H3,(H3,26,27,28,30,31). The van der Waals surface area contributed by atoms with Gasteiger partial charge in [-0.2, -0.15) is 31.3 Å². The molecular formula is C19H16F6N6. The third-order valence-electron chi connectivity index (χ3n) is 4.14. The largest absolute Gasteiger partial charge is 0.433 e. The molecule has 0 atom stereocenters. The van der Waals surface area contributed by atoms with Gasteiger partial charge in [-0.3, -0.25) is 4.98 Å². The molecular weight excluding hydrogens is 426 g/mol. The molecule has 0 saturated heterocycles. The average molecular weight is 442 g/mol. The first-order chi connectivity index (χ1) is 14.4. The lowest BCUT2D eigenvalue weighted by atomic mass is 9.99. The van der Waals surface area contributed by atoms with E-state index >= 15 is 0 Å². The molecule has 0 aromatic carbocycles. The van der Waals surface area contributed by atoms with E-state index in [1.54, 1.807) is 13.8 Å². The maximum atomic E-state index is 13.1. The molecule has 0 radical (unpaired) electrons. The summed E-state index contributed by atoms with van der Waals surface area (Å²) in [7, 11) is 0. The van der Waals surface area contributed by atoms with E-state index in [1.807, 2.05) is 0 Å². The molecule has 0 saturated carbocycles. The number of rotatable bonds is 4. The zero-order valence-electron chi connectivity index (χ0n) is 16.2. The Kier molecular flexibility index (Phi) is 5.74. The summed E-state index contributed by atoms with van der Waals surface area (Å²) in [4.78, 5) is 15.1. The topological polar surface area (TPSA) is 89.6 Å². The minimum Gasteiger partial charge on any atom is -0.383 e. The summed E-state index contributed by atoms with van der Waals surface area (Å²) in [6.07, 6.45) is -8.38. The lowest BCUT2D eigenvalue weighted by Gasteiger charge is -2.17. The summed E-state index contributed by atoms with van der Waals surface area (Å²) in [5.74, 6) is -0.500. The summed E-state index contributed by atoms with van der Waals surface area (Å²) in [5, 5.41) is 2.59. The number of aromatic nitrogens is 4. The van der Waals surface area contributed by atoms with Crippen LogP contribution in [0, 0.1) is 0 Å². The van der Waals surface area contributed by atoms with E-state index in [4.69, 9.17) is 5.73 Å². The minimum absolute atomic E-state index is 0.0260. The van der Waals surface area contributed by atoms with Crippen LogP contribution in [-0.4, -0.2) is 19.9 Å². The van der Waals surface area contributed by atoms with Gasteiger partial charge < -0.3 is 11.1 Å². The van der Waals surface area contributed by atoms with E-state index in [2.05, 4.69) is 25.3 Å². The van der Waals surface area contributed by atoms with Crippen molar-refractivity contribution in [1.82, 2.24) is 19.9 Å². The molecule has 6 nitrogen and oxygen atoms in total. The fraction of sp³-hybridized carbons (Fsp3) is 0.263. The van der Waals surface area contributed by atoms with Crippen LogP contribution in [0.2, 0.25) is 0 Å². The summed E-state index contributed by atoms with van der Waals surface area (Å²) in [5.41, 5.74) is 4.04. The molecule has 0 fully saturated rings. The smallest absolute Gasteiger partial charge is 0.383 e. The van der Waals surface area contributed by atoms with Crippen LogP contribution in [0.5, 0.6) is 0 Å². The van der Waals surface area contributed by atoms with Crippen molar-refractivity contribution < 1.29 is 26.3 Å². The van der Waals surface area contributed by atoms with Gasteiger partial charge in [0.2, 0.25) is 5.95 Å². The second-order valence-corrected chi connectivity index (χ2v) is 6.81. The number of nitrogen functional groups attached to an aromatic ring is 1. The van der Waals surface area contributed by atoms with Crippen LogP contribution in [0.1, 0.15) is 36.7 Å². The van der Waals surface area contributed by atoms with E-state index in [0.29, 0.717) is 5.56 Å². The van der Waals surface area contributed by atoms with Crippen LogP contribution in [0.4, 0.5) is 43.8 Å². The first-order valence-electron chi connectivity index (χ1n) is 8.88. The molecule has 0 aliphatic carbocycles. The molecule has 3 N–H and O–H groups in total. The van der Waals surface area contributed by atoms with E-state index in [0.717, 1.165) is 18.3 Å². The van der Waals surface area contributed by atoms with Crippen molar-refractivity contribution in [2.75, 3.05) is 11.1 Å². The quantitative estimate of drug-likeness (QED) is 0.525. The predicted molar refractivity (Wildman–Crippen MR) is 101 cm³/mol. The Morgan fingerprint density at radius 3 is 2.19 bits per heavy atom. The Labute approximate surface area is 172 Å². The van der Waals surface area contributed by atoms with Crippen molar-refractivity contribution >= 4 is 17.5 Å². The number of hydrogen-bond donors (Lipinski definition) is 2. The van der Waals surface area contributed by atoms with Crippen molar-refractivity contribution in [3.63, 3.8) is 0 Å². The second-order valence-electron chi connectivity index (χ2n) is 6.81. The predicted octanol–water partition coefficient (Wildman–Crippen LogP) is 5.42. The van der Waals surface area contributed by atoms with Gasteiger partial charge >= 0.3 is 12.4 Å². The Morgan fingerprint density at radius 1 is 0.903 bits per heavy atom. The molecule has 0 amide bonds. The Hall–Kier alpha value is -3.44. The maximum Gasteiger partial charge on any atom is 0.433 e. The molecule has 0 aliphatic rings. The van der Waals surface area contributed by atoms with E-state index in [-0.39, 0.29) is 34.8 Å². The fourth-order valence-electron chi connectivity index (χ4n) is 2.82. The number of nitrogens with zero attached hydrogens (tertiary/aromatic N) is 4. The van der Waals surface area contributed by atoms with Gasteiger partial charge in [-0.25, -0.2) is 9.97 Å². The first-order valence-corrected chi connectivity index (χ1v) is 8.88. The van der Waals surface area contributed by atoms with Crippen LogP contribution in [0.3, 0.4) is 0 Å². The monoisotopic (exact) mass is 442 g/mol. The molecule has 3 aromatic rings. The van der Waals surface area contributed by atoms with Gasteiger partial charge in [0.1, 0.15) is 17.2 Å². The molecule has 0 spiro atoms. The number of alkyl halides is 6. The van der Waals surface area contributed by atoms with Crippen molar-refractivity contribution in [3.8, 4) is 11.4 Å². The zero-order chi connectivity index (χ0) is 23.0. The Bertz CT molecular complexity index is 1090. The van der Waals surface area contributed by atoms with E-state index in [9.17, 15) is 26.3 Å². The number of nitrogens with two attached hydrogens (primary N) is 1. The molecule has 3 heterocycles. The highest BCUT2D eigenvalue weighted by Crippen LogP contribution is 2.35. The molecule has 3 rings (SSSR count). The zero-order valence-corrected chi connectivity index (χ0v) is 16.2. The van der Waals surface area contributed by atoms with Gasteiger partial charge in [0.25, 0.3) is 0 Å².